The molecule has 1 unspecified atom stereocenters. The first kappa shape index (κ1) is 11.7. The number of nitrogens with zero attached hydrogens (tertiary/aromatic N) is 1. The van der Waals surface area contributed by atoms with Crippen LogP contribution in [-0.2, 0) is 13.0 Å². The summed E-state index contributed by atoms with van der Waals surface area (Å²) in [5.74, 6) is 1.01. The maximum Gasteiger partial charge on any atom is 0.123 e. The molecule has 94 valence electrons. The van der Waals surface area contributed by atoms with Crippen molar-refractivity contribution < 1.29 is 4.74 Å². The zero-order valence-corrected chi connectivity index (χ0v) is 11.4. The fourth-order valence-corrected chi connectivity index (χ4v) is 3.21. The van der Waals surface area contributed by atoms with E-state index in [-0.39, 0.29) is 6.10 Å². The van der Waals surface area contributed by atoms with Crippen molar-refractivity contribution >= 4 is 11.3 Å². The van der Waals surface area contributed by atoms with Crippen LogP contribution in [0.2, 0.25) is 0 Å². The van der Waals surface area contributed by atoms with Gasteiger partial charge >= 0.3 is 0 Å². The molecule has 0 fully saturated rings. The average Bonchev–Trinajstić information content (AvgIpc) is 2.89. The van der Waals surface area contributed by atoms with Gasteiger partial charge in [0.1, 0.15) is 16.9 Å². The molecule has 4 heteroatoms. The largest absolute Gasteiger partial charge is 0.490 e. The molecule has 0 spiro atoms. The Labute approximate surface area is 111 Å². The molecule has 2 aromatic rings. The first-order valence-corrected chi connectivity index (χ1v) is 6.95. The summed E-state index contributed by atoms with van der Waals surface area (Å²) >= 11 is 1.68. The van der Waals surface area contributed by atoms with Gasteiger partial charge in [-0.2, -0.15) is 0 Å². The topological polar surface area (TPSA) is 48.1 Å². The van der Waals surface area contributed by atoms with E-state index in [2.05, 4.69) is 37.0 Å². The van der Waals surface area contributed by atoms with Crippen LogP contribution in [0.25, 0.3) is 11.3 Å². The summed E-state index contributed by atoms with van der Waals surface area (Å²) in [7, 11) is 0. The Hall–Kier alpha value is -1.39. The Bertz CT molecular complexity index is 591. The van der Waals surface area contributed by atoms with Crippen molar-refractivity contribution in [2.45, 2.75) is 32.9 Å². The molecule has 2 N–H and O–H groups in total. The lowest BCUT2D eigenvalue weighted by Crippen LogP contribution is -2.05. The van der Waals surface area contributed by atoms with E-state index in [0.29, 0.717) is 6.54 Å². The van der Waals surface area contributed by atoms with Crippen LogP contribution in [0.15, 0.2) is 18.2 Å². The summed E-state index contributed by atoms with van der Waals surface area (Å²) in [4.78, 5) is 5.82. The minimum absolute atomic E-state index is 0.284. The summed E-state index contributed by atoms with van der Waals surface area (Å²) < 4.78 is 5.72. The van der Waals surface area contributed by atoms with Gasteiger partial charge in [-0.25, -0.2) is 4.98 Å². The molecule has 1 atom stereocenters. The van der Waals surface area contributed by atoms with Crippen molar-refractivity contribution in [3.8, 4) is 17.0 Å². The number of thiazole rings is 1. The van der Waals surface area contributed by atoms with Gasteiger partial charge in [0.2, 0.25) is 0 Å². The third kappa shape index (κ3) is 1.91. The second-order valence-corrected chi connectivity index (χ2v) is 5.96. The zero-order valence-electron chi connectivity index (χ0n) is 10.6. The first-order valence-electron chi connectivity index (χ1n) is 6.13. The van der Waals surface area contributed by atoms with Crippen molar-refractivity contribution in [1.29, 1.82) is 0 Å². The van der Waals surface area contributed by atoms with Gasteiger partial charge in [-0.15, -0.1) is 11.3 Å². The van der Waals surface area contributed by atoms with Crippen LogP contribution in [0.3, 0.4) is 0 Å². The third-order valence-electron chi connectivity index (χ3n) is 3.18. The Balaban J connectivity index is 2.02. The van der Waals surface area contributed by atoms with Crippen LogP contribution in [0.4, 0.5) is 0 Å². The summed E-state index contributed by atoms with van der Waals surface area (Å²) in [6, 6.07) is 6.33. The molecular weight excluding hydrogens is 244 g/mol. The molecular formula is C14H16N2OS. The van der Waals surface area contributed by atoms with Crippen molar-refractivity contribution in [2.24, 2.45) is 5.73 Å². The van der Waals surface area contributed by atoms with Crippen LogP contribution in [0.5, 0.6) is 5.75 Å². The predicted molar refractivity (Wildman–Crippen MR) is 74.0 cm³/mol. The normalized spacial score (nSPS) is 17.6. The summed E-state index contributed by atoms with van der Waals surface area (Å²) in [6.07, 6.45) is 1.27. The van der Waals surface area contributed by atoms with Crippen molar-refractivity contribution in [3.63, 3.8) is 0 Å². The minimum Gasteiger partial charge on any atom is -0.490 e. The molecule has 1 aromatic carbocycles. The van der Waals surface area contributed by atoms with Crippen LogP contribution in [0, 0.1) is 6.92 Å². The number of rotatable bonds is 2. The number of aromatic nitrogens is 1. The molecule has 1 aliphatic heterocycles. The number of hydrogen-bond donors (Lipinski definition) is 1. The molecule has 0 radical (unpaired) electrons. The van der Waals surface area contributed by atoms with Gasteiger partial charge < -0.3 is 10.5 Å². The van der Waals surface area contributed by atoms with E-state index in [1.165, 1.54) is 16.0 Å². The van der Waals surface area contributed by atoms with E-state index in [4.69, 9.17) is 10.5 Å². The lowest BCUT2D eigenvalue weighted by molar-refractivity contribution is 0.254. The second-order valence-electron chi connectivity index (χ2n) is 4.67. The lowest BCUT2D eigenvalue weighted by Gasteiger charge is -2.03. The molecule has 3 rings (SSSR count). The minimum atomic E-state index is 0.284. The van der Waals surface area contributed by atoms with Crippen LogP contribution in [0.1, 0.15) is 22.4 Å². The van der Waals surface area contributed by atoms with E-state index >= 15 is 0 Å². The molecule has 1 aliphatic rings. The lowest BCUT2D eigenvalue weighted by atomic mass is 10.0. The summed E-state index contributed by atoms with van der Waals surface area (Å²) in [5.41, 5.74) is 9.15. The van der Waals surface area contributed by atoms with Crippen molar-refractivity contribution in [1.82, 2.24) is 4.98 Å². The van der Waals surface area contributed by atoms with Gasteiger partial charge in [-0.05, 0) is 37.6 Å². The fourth-order valence-electron chi connectivity index (χ4n) is 2.38. The van der Waals surface area contributed by atoms with Gasteiger partial charge in [-0.3, -0.25) is 0 Å². The predicted octanol–water partition coefficient (Wildman–Crippen LogP) is 2.90. The molecule has 0 aliphatic carbocycles. The first-order chi connectivity index (χ1) is 8.67. The molecule has 0 amide bonds. The number of aryl methyl sites for hydroxylation is 1. The Kier molecular flexibility index (Phi) is 2.84. The number of benzene rings is 1. The van der Waals surface area contributed by atoms with Crippen LogP contribution in [-0.4, -0.2) is 11.1 Å². The summed E-state index contributed by atoms with van der Waals surface area (Å²) in [5, 5.41) is 0.993. The highest BCUT2D eigenvalue weighted by molar-refractivity contribution is 7.12. The van der Waals surface area contributed by atoms with Crippen LogP contribution >= 0.6 is 11.3 Å². The molecule has 0 saturated carbocycles. The zero-order chi connectivity index (χ0) is 12.7. The van der Waals surface area contributed by atoms with E-state index in [9.17, 15) is 0 Å². The quantitative estimate of drug-likeness (QED) is 0.903. The molecule has 2 heterocycles. The number of fused-ring (bicyclic) bond motifs is 1. The van der Waals surface area contributed by atoms with E-state index in [1.807, 2.05) is 0 Å². The monoisotopic (exact) mass is 260 g/mol. The Morgan fingerprint density at radius 1 is 1.50 bits per heavy atom. The molecule has 1 aromatic heterocycles. The number of hydrogen-bond acceptors (Lipinski definition) is 4. The van der Waals surface area contributed by atoms with E-state index < -0.39 is 0 Å². The maximum atomic E-state index is 5.72. The van der Waals surface area contributed by atoms with Crippen molar-refractivity contribution in [2.75, 3.05) is 0 Å². The standard InChI is InChI=1S/C14H16N2OS/c1-8-5-11-6-10(3-4-12(11)17-8)14-9(2)18-13(7-15)16-14/h3-4,6,8H,5,7,15H2,1-2H3. The highest BCUT2D eigenvalue weighted by atomic mass is 32.1. The molecule has 0 saturated heterocycles. The molecule has 0 bridgehead atoms. The third-order valence-corrected chi connectivity index (χ3v) is 4.18. The Morgan fingerprint density at radius 2 is 2.33 bits per heavy atom. The highest BCUT2D eigenvalue weighted by Crippen LogP contribution is 2.34. The average molecular weight is 260 g/mol. The fraction of sp³-hybridized carbons (Fsp3) is 0.357. The van der Waals surface area contributed by atoms with Gasteiger partial charge in [0.15, 0.2) is 0 Å². The van der Waals surface area contributed by atoms with Gasteiger partial charge in [0, 0.05) is 23.4 Å². The van der Waals surface area contributed by atoms with Crippen molar-refractivity contribution in [3.05, 3.63) is 33.6 Å². The second kappa shape index (κ2) is 4.37. The van der Waals surface area contributed by atoms with Crippen LogP contribution < -0.4 is 10.5 Å². The maximum absolute atomic E-state index is 5.72. The SMILES string of the molecule is Cc1sc(CN)nc1-c1ccc2c(c1)CC(C)O2. The highest BCUT2D eigenvalue weighted by Gasteiger charge is 2.20. The van der Waals surface area contributed by atoms with E-state index in [1.54, 1.807) is 11.3 Å². The number of ether oxygens (including phenoxy) is 1. The number of nitrogens with two attached hydrogens (primary N) is 1. The van der Waals surface area contributed by atoms with Gasteiger partial charge in [-0.1, -0.05) is 0 Å². The van der Waals surface area contributed by atoms with Gasteiger partial charge in [0.25, 0.3) is 0 Å². The molecule has 3 nitrogen and oxygen atoms in total. The summed E-state index contributed by atoms with van der Waals surface area (Å²) in [6.45, 7) is 4.70. The van der Waals surface area contributed by atoms with Gasteiger partial charge in [0.05, 0.1) is 5.69 Å². The smallest absolute Gasteiger partial charge is 0.123 e. The van der Waals surface area contributed by atoms with E-state index in [0.717, 1.165) is 22.9 Å². The molecule has 18 heavy (non-hydrogen) atoms. The Morgan fingerprint density at radius 3 is 3.06 bits per heavy atom.